The van der Waals surface area contributed by atoms with E-state index in [1.54, 1.807) is 29.9 Å². The molecule has 0 saturated heterocycles. The molecule has 0 bridgehead atoms. The first-order valence-electron chi connectivity index (χ1n) is 8.13. The highest BCUT2D eigenvalue weighted by Gasteiger charge is 2.15. The molecule has 0 saturated carbocycles. The molecule has 0 unspecified atom stereocenters. The largest absolute Gasteiger partial charge is 0.476 e. The number of carbonyl (C=O) groups is 1. The van der Waals surface area contributed by atoms with Crippen molar-refractivity contribution >= 4 is 28.6 Å². The van der Waals surface area contributed by atoms with Crippen molar-refractivity contribution in [3.63, 3.8) is 0 Å². The van der Waals surface area contributed by atoms with Crippen molar-refractivity contribution < 1.29 is 14.6 Å². The van der Waals surface area contributed by atoms with Gasteiger partial charge in [-0.15, -0.1) is 22.7 Å². The monoisotopic (exact) mass is 411 g/mol. The third-order valence-corrected chi connectivity index (χ3v) is 5.62. The quantitative estimate of drug-likeness (QED) is 0.511. The molecule has 0 radical (unpaired) electrons. The van der Waals surface area contributed by atoms with Crippen molar-refractivity contribution in [2.45, 2.75) is 13.5 Å². The lowest BCUT2D eigenvalue weighted by Crippen LogP contribution is -1.98. The molecule has 4 heterocycles. The normalized spacial score (nSPS) is 10.8. The van der Waals surface area contributed by atoms with Gasteiger partial charge < -0.3 is 9.84 Å². The number of nitrogens with zero attached hydrogens (tertiary/aromatic N) is 5. The maximum atomic E-state index is 11.0. The average Bonchev–Trinajstić information content (AvgIpc) is 3.34. The van der Waals surface area contributed by atoms with Crippen LogP contribution in [0.5, 0.6) is 6.01 Å². The lowest BCUT2D eigenvalue weighted by Gasteiger charge is -2.01. The van der Waals surface area contributed by atoms with E-state index in [0.29, 0.717) is 17.4 Å². The van der Waals surface area contributed by atoms with Gasteiger partial charge in [0, 0.05) is 17.8 Å². The highest BCUT2D eigenvalue weighted by Crippen LogP contribution is 2.31. The third kappa shape index (κ3) is 3.87. The van der Waals surface area contributed by atoms with Gasteiger partial charge in [-0.3, -0.25) is 0 Å². The highest BCUT2D eigenvalue weighted by molar-refractivity contribution is 7.15. The Kier molecular flexibility index (Phi) is 5.04. The minimum atomic E-state index is -1.04. The van der Waals surface area contributed by atoms with Gasteiger partial charge in [0.15, 0.2) is 0 Å². The summed E-state index contributed by atoms with van der Waals surface area (Å²) >= 11 is 2.56. The van der Waals surface area contributed by atoms with E-state index in [-0.39, 0.29) is 11.6 Å². The number of hydrogen-bond acceptors (Lipinski definition) is 9. The lowest BCUT2D eigenvalue weighted by molar-refractivity contribution is 0.0696. The zero-order valence-corrected chi connectivity index (χ0v) is 16.2. The maximum Gasteiger partial charge on any atom is 0.365 e. The summed E-state index contributed by atoms with van der Waals surface area (Å²) in [6, 6.07) is 7.58. The van der Waals surface area contributed by atoms with Crippen LogP contribution in [0, 0.1) is 6.92 Å². The summed E-state index contributed by atoms with van der Waals surface area (Å²) in [7, 11) is 0. The van der Waals surface area contributed by atoms with E-state index in [1.165, 1.54) is 11.3 Å². The van der Waals surface area contributed by atoms with Crippen LogP contribution in [-0.2, 0) is 6.61 Å². The predicted octanol–water partition coefficient (Wildman–Crippen LogP) is 3.70. The third-order valence-electron chi connectivity index (χ3n) is 3.64. The van der Waals surface area contributed by atoms with Gasteiger partial charge in [0.25, 0.3) is 0 Å². The Morgan fingerprint density at radius 2 is 1.86 bits per heavy atom. The first-order valence-corrected chi connectivity index (χ1v) is 9.82. The summed E-state index contributed by atoms with van der Waals surface area (Å²) in [5.74, 6) is -1.04. The van der Waals surface area contributed by atoms with Gasteiger partial charge in [-0.1, -0.05) is 6.07 Å². The number of aromatic nitrogens is 5. The van der Waals surface area contributed by atoms with Crippen LogP contribution in [0.3, 0.4) is 0 Å². The number of aryl methyl sites for hydroxylation is 1. The van der Waals surface area contributed by atoms with Crippen molar-refractivity contribution in [2.24, 2.45) is 0 Å². The van der Waals surface area contributed by atoms with Gasteiger partial charge in [-0.05, 0) is 25.1 Å². The van der Waals surface area contributed by atoms with Crippen molar-refractivity contribution in [3.8, 4) is 28.0 Å². The second-order valence-electron chi connectivity index (χ2n) is 5.59. The Morgan fingerprint density at radius 1 is 1.07 bits per heavy atom. The molecular weight excluding hydrogens is 398 g/mol. The zero-order valence-electron chi connectivity index (χ0n) is 14.6. The second kappa shape index (κ2) is 7.79. The number of aromatic carboxylic acids is 1. The first kappa shape index (κ1) is 18.1. The second-order valence-corrected chi connectivity index (χ2v) is 7.54. The molecule has 8 nitrogen and oxygen atoms in total. The fourth-order valence-corrected chi connectivity index (χ4v) is 4.03. The van der Waals surface area contributed by atoms with Crippen LogP contribution in [0.4, 0.5) is 0 Å². The molecule has 28 heavy (non-hydrogen) atoms. The molecule has 0 aliphatic rings. The number of thiazole rings is 2. The highest BCUT2D eigenvalue weighted by atomic mass is 32.1. The summed E-state index contributed by atoms with van der Waals surface area (Å²) in [6.07, 6.45) is 3.23. The molecule has 0 spiro atoms. The van der Waals surface area contributed by atoms with E-state index in [9.17, 15) is 4.79 Å². The fourth-order valence-electron chi connectivity index (χ4n) is 2.43. The zero-order chi connectivity index (χ0) is 19.5. The summed E-state index contributed by atoms with van der Waals surface area (Å²) in [5.41, 5.74) is 2.74. The van der Waals surface area contributed by atoms with Crippen molar-refractivity contribution in [2.75, 3.05) is 0 Å². The predicted molar refractivity (Wildman–Crippen MR) is 105 cm³/mol. The van der Waals surface area contributed by atoms with Crippen LogP contribution >= 0.6 is 22.7 Å². The number of carboxylic acids is 1. The summed E-state index contributed by atoms with van der Waals surface area (Å²) < 4.78 is 5.56. The van der Waals surface area contributed by atoms with Crippen molar-refractivity contribution in [1.82, 2.24) is 24.9 Å². The van der Waals surface area contributed by atoms with Gasteiger partial charge >= 0.3 is 12.0 Å². The number of ether oxygens (including phenoxy) is 1. The summed E-state index contributed by atoms with van der Waals surface area (Å²) in [4.78, 5) is 33.3. The maximum absolute atomic E-state index is 11.0. The Labute approximate surface area is 167 Å². The molecule has 1 N–H and O–H groups in total. The molecule has 0 atom stereocenters. The number of pyridine rings is 1. The molecule has 0 fully saturated rings. The van der Waals surface area contributed by atoms with Crippen molar-refractivity contribution in [3.05, 3.63) is 57.7 Å². The van der Waals surface area contributed by atoms with Crippen molar-refractivity contribution in [1.29, 1.82) is 0 Å². The first-order chi connectivity index (χ1) is 13.6. The van der Waals surface area contributed by atoms with E-state index < -0.39 is 5.97 Å². The Hall–Kier alpha value is -3.24. The molecule has 0 aliphatic carbocycles. The van der Waals surface area contributed by atoms with Crippen LogP contribution < -0.4 is 4.74 Å². The molecule has 0 aromatic carbocycles. The number of hydrogen-bond donors (Lipinski definition) is 1. The van der Waals surface area contributed by atoms with Gasteiger partial charge in [-0.2, -0.15) is 0 Å². The molecule has 10 heteroatoms. The molecule has 0 amide bonds. The van der Waals surface area contributed by atoms with Gasteiger partial charge in [0.1, 0.15) is 17.3 Å². The van der Waals surface area contributed by atoms with Gasteiger partial charge in [-0.25, -0.2) is 29.7 Å². The number of carboxylic acid groups (broad SMARTS) is 1. The lowest BCUT2D eigenvalue weighted by atomic mass is 10.2. The van der Waals surface area contributed by atoms with Gasteiger partial charge in [0.2, 0.25) is 5.01 Å². The molecule has 4 aromatic rings. The number of rotatable bonds is 6. The molecular formula is C18H13N5O3S2. The molecule has 4 aromatic heterocycles. The Morgan fingerprint density at radius 3 is 2.61 bits per heavy atom. The Bertz CT molecular complexity index is 1130. The minimum Gasteiger partial charge on any atom is -0.476 e. The van der Waals surface area contributed by atoms with E-state index >= 15 is 0 Å². The fraction of sp³-hybridized carbons (Fsp3) is 0.111. The van der Waals surface area contributed by atoms with Crippen LogP contribution in [0.25, 0.3) is 22.0 Å². The molecule has 0 aliphatic heterocycles. The van der Waals surface area contributed by atoms with Crippen LogP contribution in [0.1, 0.15) is 20.5 Å². The van der Waals surface area contributed by atoms with E-state index in [2.05, 4.69) is 24.9 Å². The Balaban J connectivity index is 1.57. The topological polar surface area (TPSA) is 111 Å². The minimum absolute atomic E-state index is 0.0405. The van der Waals surface area contributed by atoms with Crippen LogP contribution in [0.2, 0.25) is 0 Å². The molecule has 140 valence electrons. The molecule has 4 rings (SSSR count). The summed E-state index contributed by atoms with van der Waals surface area (Å²) in [5, 5.41) is 11.6. The van der Waals surface area contributed by atoms with Gasteiger partial charge in [0.05, 0.1) is 22.0 Å². The van der Waals surface area contributed by atoms with E-state index in [0.717, 1.165) is 32.6 Å². The summed E-state index contributed by atoms with van der Waals surface area (Å²) in [6.45, 7) is 2.18. The van der Waals surface area contributed by atoms with E-state index in [4.69, 9.17) is 9.84 Å². The van der Waals surface area contributed by atoms with Crippen LogP contribution in [0.15, 0.2) is 42.0 Å². The van der Waals surface area contributed by atoms with E-state index in [1.807, 2.05) is 19.1 Å². The SMILES string of the molecule is Cc1nc(COc2ncccn2)sc1-c1cccc(-c2csc(C(=O)O)n2)n1. The standard InChI is InChI=1S/C18H13N5O3S2/c1-10-15(28-14(21-10)8-26-18-19-6-3-7-20-18)12-5-2-4-11(22-12)13-9-27-16(23-13)17(24)25/h2-7,9H,8H2,1H3,(H,24,25). The average molecular weight is 411 g/mol. The smallest absolute Gasteiger partial charge is 0.365 e. The van der Waals surface area contributed by atoms with Crippen LogP contribution in [-0.4, -0.2) is 36.0 Å².